The third kappa shape index (κ3) is 4.16. The van der Waals surface area contributed by atoms with Gasteiger partial charge in [0.15, 0.2) is 11.4 Å². The molecule has 0 aliphatic heterocycles. The minimum Gasteiger partial charge on any atom is -0.462 e. The van der Waals surface area contributed by atoms with Crippen LogP contribution in [0.1, 0.15) is 78.8 Å². The van der Waals surface area contributed by atoms with Crippen LogP contribution < -0.4 is 5.32 Å². The van der Waals surface area contributed by atoms with Gasteiger partial charge in [-0.25, -0.2) is 14.8 Å². The van der Waals surface area contributed by atoms with Crippen LogP contribution in [0, 0.1) is 0 Å². The fraction of sp³-hybridized carbons (Fsp3) is 0.385. The number of furan rings is 1. The molecule has 0 bridgehead atoms. The van der Waals surface area contributed by atoms with E-state index in [2.05, 4.69) is 5.32 Å². The van der Waals surface area contributed by atoms with Crippen molar-refractivity contribution in [3.63, 3.8) is 0 Å². The second-order valence-corrected chi connectivity index (χ2v) is 8.69. The van der Waals surface area contributed by atoms with E-state index in [4.69, 9.17) is 19.1 Å². The highest BCUT2D eigenvalue weighted by Crippen LogP contribution is 2.39. The summed E-state index contributed by atoms with van der Waals surface area (Å²) in [5, 5.41) is 2.94. The maximum atomic E-state index is 13.4. The van der Waals surface area contributed by atoms with Crippen molar-refractivity contribution in [2.24, 2.45) is 0 Å². The predicted octanol–water partition coefficient (Wildman–Crippen LogP) is 5.89. The number of hydrogen-bond donors (Lipinski definition) is 1. The molecule has 1 fully saturated rings. The van der Waals surface area contributed by atoms with Crippen LogP contribution in [-0.4, -0.2) is 33.0 Å². The van der Waals surface area contributed by atoms with E-state index >= 15 is 0 Å². The van der Waals surface area contributed by atoms with Crippen LogP contribution >= 0.6 is 0 Å². The van der Waals surface area contributed by atoms with Gasteiger partial charge in [-0.2, -0.15) is 0 Å². The van der Waals surface area contributed by atoms with Crippen molar-refractivity contribution in [3.8, 4) is 0 Å². The number of benzene rings is 1. The zero-order valence-electron chi connectivity index (χ0n) is 19.3. The molecule has 8 heteroatoms. The Labute approximate surface area is 197 Å². The monoisotopic (exact) mass is 460 g/mol. The minimum atomic E-state index is -0.507. The minimum absolute atomic E-state index is 0.0933. The molecule has 176 valence electrons. The van der Waals surface area contributed by atoms with Gasteiger partial charge in [0, 0.05) is 6.04 Å². The summed E-state index contributed by atoms with van der Waals surface area (Å²) in [7, 11) is 0. The molecule has 4 aromatic rings. The molecule has 1 aliphatic carbocycles. The van der Waals surface area contributed by atoms with E-state index in [9.17, 15) is 9.59 Å². The first-order valence-corrected chi connectivity index (χ1v) is 12.0. The van der Waals surface area contributed by atoms with E-state index in [-0.39, 0.29) is 17.4 Å². The van der Waals surface area contributed by atoms with Crippen molar-refractivity contribution in [2.75, 3.05) is 11.9 Å². The van der Waals surface area contributed by atoms with Gasteiger partial charge in [0.2, 0.25) is 0 Å². The lowest BCUT2D eigenvalue weighted by Crippen LogP contribution is -2.21. The topological polar surface area (TPSA) is 99.2 Å². The molecule has 0 unspecified atom stereocenters. The number of nitrogens with zero attached hydrogens (tertiary/aromatic N) is 3. The molecule has 0 spiro atoms. The van der Waals surface area contributed by atoms with Gasteiger partial charge in [-0.1, -0.05) is 44.7 Å². The molecule has 1 N–H and O–H groups in total. The lowest BCUT2D eigenvalue weighted by atomic mass is 9.95. The molecule has 1 amide bonds. The molecule has 5 rings (SSSR count). The normalized spacial score (nSPS) is 14.5. The van der Waals surface area contributed by atoms with Gasteiger partial charge in [0.1, 0.15) is 16.9 Å². The molecule has 8 nitrogen and oxygen atoms in total. The lowest BCUT2D eigenvalue weighted by Gasteiger charge is -2.26. The number of carbonyl (C=O) groups is 2. The summed E-state index contributed by atoms with van der Waals surface area (Å²) in [5.41, 5.74) is 2.69. The highest BCUT2D eigenvalue weighted by atomic mass is 16.5. The van der Waals surface area contributed by atoms with Crippen LogP contribution in [0.25, 0.3) is 22.2 Å². The number of ether oxygens (including phenoxy) is 1. The number of anilines is 1. The van der Waals surface area contributed by atoms with Gasteiger partial charge >= 0.3 is 5.97 Å². The van der Waals surface area contributed by atoms with Gasteiger partial charge in [0.05, 0.1) is 23.9 Å². The number of rotatable bonds is 7. The highest BCUT2D eigenvalue weighted by Gasteiger charge is 2.32. The molecule has 0 atom stereocenters. The largest absolute Gasteiger partial charge is 0.462 e. The van der Waals surface area contributed by atoms with Crippen molar-refractivity contribution in [1.29, 1.82) is 0 Å². The number of amides is 1. The predicted molar refractivity (Wildman–Crippen MR) is 129 cm³/mol. The second-order valence-electron chi connectivity index (χ2n) is 8.69. The summed E-state index contributed by atoms with van der Waals surface area (Å²) in [6, 6.07) is 10.9. The molecular weight excluding hydrogens is 432 g/mol. The quantitative estimate of drug-likeness (QED) is 0.273. The number of hydrogen-bond acceptors (Lipinski definition) is 6. The average molecular weight is 461 g/mol. The number of carbonyl (C=O) groups excluding carboxylic acids is 2. The van der Waals surface area contributed by atoms with E-state index in [0.29, 0.717) is 29.1 Å². The first-order chi connectivity index (χ1) is 16.7. The lowest BCUT2D eigenvalue weighted by molar-refractivity contribution is 0.0503. The number of aromatic nitrogens is 3. The van der Waals surface area contributed by atoms with Crippen LogP contribution in [-0.2, 0) is 4.74 Å². The van der Waals surface area contributed by atoms with E-state index < -0.39 is 11.9 Å². The average Bonchev–Trinajstić information content (AvgIpc) is 3.50. The third-order valence-corrected chi connectivity index (χ3v) is 6.35. The highest BCUT2D eigenvalue weighted by molar-refractivity contribution is 6.13. The van der Waals surface area contributed by atoms with Crippen LogP contribution in [0.4, 0.5) is 5.82 Å². The van der Waals surface area contributed by atoms with Crippen molar-refractivity contribution in [2.45, 2.75) is 57.9 Å². The van der Waals surface area contributed by atoms with Crippen LogP contribution in [0.15, 0.2) is 47.1 Å². The fourth-order valence-corrected chi connectivity index (χ4v) is 4.63. The Kier molecular flexibility index (Phi) is 6.29. The van der Waals surface area contributed by atoms with E-state index in [1.165, 1.54) is 12.7 Å². The Balaban J connectivity index is 1.72. The first kappa shape index (κ1) is 22.1. The number of nitrogens with one attached hydrogen (secondary N) is 1. The van der Waals surface area contributed by atoms with Gasteiger partial charge in [-0.3, -0.25) is 4.79 Å². The Morgan fingerprint density at radius 1 is 1.09 bits per heavy atom. The van der Waals surface area contributed by atoms with Crippen LogP contribution in [0.2, 0.25) is 0 Å². The number of esters is 1. The summed E-state index contributed by atoms with van der Waals surface area (Å²) in [6.45, 7) is 2.34. The van der Waals surface area contributed by atoms with Crippen LogP contribution in [0.5, 0.6) is 0 Å². The fourth-order valence-electron chi connectivity index (χ4n) is 4.63. The Bertz CT molecular complexity index is 1320. The first-order valence-electron chi connectivity index (χ1n) is 12.0. The van der Waals surface area contributed by atoms with Gasteiger partial charge in [-0.15, -0.1) is 0 Å². The zero-order valence-corrected chi connectivity index (χ0v) is 19.3. The Hall–Kier alpha value is -3.68. The molecule has 1 aliphatic rings. The Morgan fingerprint density at radius 3 is 2.56 bits per heavy atom. The van der Waals surface area contributed by atoms with Crippen molar-refractivity contribution >= 4 is 39.9 Å². The maximum absolute atomic E-state index is 13.4. The number of para-hydroxylation sites is 2. The van der Waals surface area contributed by atoms with E-state index in [1.807, 2.05) is 35.8 Å². The second kappa shape index (κ2) is 9.67. The van der Waals surface area contributed by atoms with Crippen molar-refractivity contribution < 1.29 is 18.7 Å². The summed E-state index contributed by atoms with van der Waals surface area (Å²) in [6.07, 6.45) is 8.31. The van der Waals surface area contributed by atoms with Crippen molar-refractivity contribution in [3.05, 3.63) is 54.0 Å². The summed E-state index contributed by atoms with van der Waals surface area (Å²) in [4.78, 5) is 36.1. The SMILES string of the molecule is CCCCOC(=O)c1c(NC(=O)c2ccco2)n(C2CCCCC2)c2nc3ccccc3nc12. The van der Waals surface area contributed by atoms with Gasteiger partial charge in [-0.05, 0) is 43.5 Å². The molecule has 1 saturated carbocycles. The third-order valence-electron chi connectivity index (χ3n) is 6.35. The van der Waals surface area contributed by atoms with Gasteiger partial charge in [0.25, 0.3) is 5.91 Å². The van der Waals surface area contributed by atoms with Gasteiger partial charge < -0.3 is 19.0 Å². The number of fused-ring (bicyclic) bond motifs is 2. The standard InChI is InChI=1S/C26H28N4O4/c1-2-3-15-34-26(32)21-22-24(28-19-13-8-7-12-18(19)27-22)30(17-10-5-4-6-11-17)23(21)29-25(31)20-14-9-16-33-20/h7-9,12-14,16-17H,2-6,10-11,15H2,1H3,(H,29,31). The smallest absolute Gasteiger partial charge is 0.344 e. The van der Waals surface area contributed by atoms with E-state index in [1.54, 1.807) is 12.1 Å². The molecule has 0 radical (unpaired) electrons. The molecule has 34 heavy (non-hydrogen) atoms. The zero-order chi connectivity index (χ0) is 23.5. The summed E-state index contributed by atoms with van der Waals surface area (Å²) in [5.74, 6) is -0.402. The molecule has 3 heterocycles. The van der Waals surface area contributed by atoms with Crippen molar-refractivity contribution in [1.82, 2.24) is 14.5 Å². The maximum Gasteiger partial charge on any atom is 0.344 e. The van der Waals surface area contributed by atoms with E-state index in [0.717, 1.165) is 44.0 Å². The summed E-state index contributed by atoms with van der Waals surface area (Å²) >= 11 is 0. The molecule has 0 saturated heterocycles. The summed E-state index contributed by atoms with van der Waals surface area (Å²) < 4.78 is 12.9. The Morgan fingerprint density at radius 2 is 1.85 bits per heavy atom. The molecule has 3 aromatic heterocycles. The van der Waals surface area contributed by atoms with Crippen LogP contribution in [0.3, 0.4) is 0 Å². The molecular formula is C26H28N4O4. The number of unbranched alkanes of at least 4 members (excludes halogenated alkanes) is 1. The molecule has 1 aromatic carbocycles.